The molecule has 4 rings (SSSR count). The Labute approximate surface area is 156 Å². The summed E-state index contributed by atoms with van der Waals surface area (Å²) in [5, 5.41) is 7.84. The molecular weight excluding hydrogens is 343 g/mol. The average Bonchev–Trinajstić information content (AvgIpc) is 3.12. The van der Waals surface area contributed by atoms with E-state index in [0.29, 0.717) is 23.7 Å². The lowest BCUT2D eigenvalue weighted by Crippen LogP contribution is -2.08. The summed E-state index contributed by atoms with van der Waals surface area (Å²) in [5.41, 5.74) is 2.33. The van der Waals surface area contributed by atoms with Crippen molar-refractivity contribution in [1.82, 2.24) is 24.6 Å². The summed E-state index contributed by atoms with van der Waals surface area (Å²) in [4.78, 5) is 13.3. The summed E-state index contributed by atoms with van der Waals surface area (Å²) in [6, 6.07) is 12.4. The molecule has 0 saturated heterocycles. The zero-order valence-corrected chi connectivity index (χ0v) is 14.9. The fraction of sp³-hybridized carbons (Fsp3) is 0.200. The molecule has 0 saturated carbocycles. The first-order valence-corrected chi connectivity index (χ1v) is 8.89. The number of benzene rings is 1. The quantitative estimate of drug-likeness (QED) is 0.564. The van der Waals surface area contributed by atoms with Crippen molar-refractivity contribution in [3.63, 3.8) is 0 Å². The van der Waals surface area contributed by atoms with E-state index in [0.717, 1.165) is 29.9 Å². The first-order valence-electron chi connectivity index (χ1n) is 8.89. The van der Waals surface area contributed by atoms with E-state index in [1.165, 1.54) is 6.07 Å². The van der Waals surface area contributed by atoms with Gasteiger partial charge in [-0.3, -0.25) is 4.98 Å². The van der Waals surface area contributed by atoms with Gasteiger partial charge in [0.25, 0.3) is 5.78 Å². The number of nitrogens with one attached hydrogen (secondary N) is 1. The first-order chi connectivity index (χ1) is 13.2. The molecule has 0 aliphatic heterocycles. The van der Waals surface area contributed by atoms with Crippen molar-refractivity contribution in [3.05, 3.63) is 71.9 Å². The Morgan fingerprint density at radius 2 is 2.00 bits per heavy atom. The van der Waals surface area contributed by atoms with Crippen LogP contribution in [0.25, 0.3) is 17.2 Å². The van der Waals surface area contributed by atoms with Gasteiger partial charge in [0.2, 0.25) is 0 Å². The number of aromatic nitrogens is 5. The van der Waals surface area contributed by atoms with Crippen LogP contribution in [0.2, 0.25) is 0 Å². The number of hydrogen-bond acceptors (Lipinski definition) is 5. The van der Waals surface area contributed by atoms with Crippen molar-refractivity contribution < 1.29 is 4.39 Å². The van der Waals surface area contributed by atoms with Gasteiger partial charge < -0.3 is 5.32 Å². The van der Waals surface area contributed by atoms with Crippen LogP contribution < -0.4 is 5.32 Å². The van der Waals surface area contributed by atoms with E-state index >= 15 is 0 Å². The Bertz CT molecular complexity index is 1060. The summed E-state index contributed by atoms with van der Waals surface area (Å²) < 4.78 is 15.6. The molecule has 1 aromatic carbocycles. The smallest absolute Gasteiger partial charge is 0.254 e. The van der Waals surface area contributed by atoms with Crippen molar-refractivity contribution >= 4 is 11.6 Å². The van der Waals surface area contributed by atoms with Gasteiger partial charge in [0.05, 0.1) is 0 Å². The second-order valence-corrected chi connectivity index (χ2v) is 6.22. The summed E-state index contributed by atoms with van der Waals surface area (Å²) >= 11 is 0. The molecule has 0 fully saturated rings. The minimum atomic E-state index is -0.237. The number of halogens is 1. The molecule has 0 unspecified atom stereocenters. The van der Waals surface area contributed by atoms with Crippen molar-refractivity contribution in [2.24, 2.45) is 0 Å². The molecule has 4 aromatic rings. The molecular formula is C20H19FN6. The van der Waals surface area contributed by atoms with Crippen LogP contribution in [0.1, 0.15) is 24.6 Å². The minimum Gasteiger partial charge on any atom is -0.366 e. The Kier molecular flexibility index (Phi) is 4.74. The van der Waals surface area contributed by atoms with E-state index in [2.05, 4.69) is 32.3 Å². The van der Waals surface area contributed by atoms with Crippen molar-refractivity contribution in [2.75, 3.05) is 5.32 Å². The first kappa shape index (κ1) is 17.1. The van der Waals surface area contributed by atoms with Gasteiger partial charge in [-0.15, -0.1) is 5.10 Å². The molecule has 1 N–H and O–H groups in total. The zero-order valence-electron chi connectivity index (χ0n) is 14.9. The normalized spacial score (nSPS) is 11.0. The second-order valence-electron chi connectivity index (χ2n) is 6.22. The Morgan fingerprint density at radius 1 is 1.11 bits per heavy atom. The Morgan fingerprint density at radius 3 is 2.78 bits per heavy atom. The van der Waals surface area contributed by atoms with Gasteiger partial charge in [-0.2, -0.15) is 9.50 Å². The molecule has 0 aliphatic rings. The molecule has 27 heavy (non-hydrogen) atoms. The highest BCUT2D eigenvalue weighted by atomic mass is 19.1. The van der Waals surface area contributed by atoms with Gasteiger partial charge in [0, 0.05) is 41.8 Å². The van der Waals surface area contributed by atoms with Crippen LogP contribution in [-0.4, -0.2) is 24.6 Å². The van der Waals surface area contributed by atoms with Gasteiger partial charge in [-0.25, -0.2) is 9.37 Å². The summed E-state index contributed by atoms with van der Waals surface area (Å²) in [6.07, 6.45) is 5.23. The fourth-order valence-electron chi connectivity index (χ4n) is 2.87. The van der Waals surface area contributed by atoms with Crippen molar-refractivity contribution in [3.8, 4) is 11.4 Å². The van der Waals surface area contributed by atoms with E-state index in [-0.39, 0.29) is 5.82 Å². The third kappa shape index (κ3) is 3.62. The Balaban J connectivity index is 1.73. The van der Waals surface area contributed by atoms with Crippen molar-refractivity contribution in [1.29, 1.82) is 0 Å². The number of fused-ring (bicyclic) bond motifs is 1. The van der Waals surface area contributed by atoms with Crippen LogP contribution >= 0.6 is 0 Å². The third-order valence-electron chi connectivity index (χ3n) is 4.21. The lowest BCUT2D eigenvalue weighted by Gasteiger charge is -2.10. The van der Waals surface area contributed by atoms with Crippen LogP contribution in [-0.2, 0) is 13.0 Å². The largest absolute Gasteiger partial charge is 0.366 e. The third-order valence-corrected chi connectivity index (χ3v) is 4.21. The van der Waals surface area contributed by atoms with Gasteiger partial charge in [0.1, 0.15) is 11.6 Å². The molecule has 0 bridgehead atoms. The van der Waals surface area contributed by atoms with Crippen LogP contribution in [0.5, 0.6) is 0 Å². The number of pyridine rings is 1. The molecule has 6 nitrogen and oxygen atoms in total. The number of nitrogens with zero attached hydrogens (tertiary/aromatic N) is 5. The van der Waals surface area contributed by atoms with Crippen LogP contribution in [0.15, 0.2) is 54.9 Å². The molecule has 3 heterocycles. The highest BCUT2D eigenvalue weighted by Crippen LogP contribution is 2.19. The summed E-state index contributed by atoms with van der Waals surface area (Å²) in [6.45, 7) is 2.45. The van der Waals surface area contributed by atoms with Gasteiger partial charge in [-0.05, 0) is 24.6 Å². The molecule has 0 atom stereocenters. The molecule has 0 amide bonds. The lowest BCUT2D eigenvalue weighted by atomic mass is 10.2. The maximum Gasteiger partial charge on any atom is 0.254 e. The Hall–Kier alpha value is -3.35. The van der Waals surface area contributed by atoms with Crippen LogP contribution in [0.3, 0.4) is 0 Å². The monoisotopic (exact) mass is 362 g/mol. The molecule has 7 heteroatoms. The van der Waals surface area contributed by atoms with E-state index in [1.807, 2.05) is 24.3 Å². The maximum atomic E-state index is 13.9. The van der Waals surface area contributed by atoms with E-state index in [9.17, 15) is 4.39 Å². The maximum absolute atomic E-state index is 13.9. The topological polar surface area (TPSA) is 68.0 Å². The number of anilines is 1. The molecule has 136 valence electrons. The van der Waals surface area contributed by atoms with E-state index < -0.39 is 0 Å². The number of aryl methyl sites for hydroxylation is 1. The second kappa shape index (κ2) is 7.49. The van der Waals surface area contributed by atoms with E-state index in [4.69, 9.17) is 0 Å². The van der Waals surface area contributed by atoms with Gasteiger partial charge in [-0.1, -0.05) is 31.5 Å². The SMILES string of the molecule is CCCc1cc(NCc2ccccc2F)n2nc(-c3cccnc3)nc2n1. The fourth-order valence-corrected chi connectivity index (χ4v) is 2.87. The predicted molar refractivity (Wildman–Crippen MR) is 102 cm³/mol. The summed E-state index contributed by atoms with van der Waals surface area (Å²) in [7, 11) is 0. The standard InChI is InChI=1S/C20H19FN6/c1-2-6-16-11-18(23-13-14-7-3-4-9-17(14)21)27-20(24-16)25-19(26-27)15-8-5-10-22-12-15/h3-5,7-12,23H,2,6,13H2,1H3. The van der Waals surface area contributed by atoms with Crippen LogP contribution in [0, 0.1) is 5.82 Å². The summed E-state index contributed by atoms with van der Waals surface area (Å²) in [5.74, 6) is 1.56. The van der Waals surface area contributed by atoms with E-state index in [1.54, 1.807) is 29.0 Å². The van der Waals surface area contributed by atoms with Crippen molar-refractivity contribution in [2.45, 2.75) is 26.3 Å². The van der Waals surface area contributed by atoms with Gasteiger partial charge >= 0.3 is 0 Å². The number of rotatable bonds is 6. The number of hydrogen-bond donors (Lipinski definition) is 1. The average molecular weight is 362 g/mol. The minimum absolute atomic E-state index is 0.237. The zero-order chi connectivity index (χ0) is 18.6. The predicted octanol–water partition coefficient (Wildman–Crippen LogP) is 3.89. The molecule has 0 aliphatic carbocycles. The molecule has 3 aromatic heterocycles. The molecule has 0 radical (unpaired) electrons. The van der Waals surface area contributed by atoms with Crippen LogP contribution in [0.4, 0.5) is 10.2 Å². The highest BCUT2D eigenvalue weighted by molar-refractivity contribution is 5.57. The lowest BCUT2D eigenvalue weighted by molar-refractivity contribution is 0.612. The van der Waals surface area contributed by atoms with Gasteiger partial charge in [0.15, 0.2) is 5.82 Å². The highest BCUT2D eigenvalue weighted by Gasteiger charge is 2.13. The molecule has 0 spiro atoms.